The number of benzene rings is 2. The number of carbonyl (C=O) groups excluding carboxylic acids is 4. The molecule has 0 spiro atoms. The Kier molecular flexibility index (Phi) is 8.07. The molecule has 0 saturated carbocycles. The van der Waals surface area contributed by atoms with Crippen molar-refractivity contribution in [3.8, 4) is 0 Å². The fourth-order valence-corrected chi connectivity index (χ4v) is 6.12. The number of hydrogen-bond acceptors (Lipinski definition) is 10. The van der Waals surface area contributed by atoms with E-state index in [0.29, 0.717) is 33.2 Å². The van der Waals surface area contributed by atoms with E-state index in [0.717, 1.165) is 14.2 Å². The SMILES string of the molecule is COC(=O)C[C@H](C1=C(O)C(=O)C([C@H](CC(=O)OC)c2ccc3c(c2)n(C)c(=O)n3C)=C(O)C1=O)c1ccc2c(c1)n(C)c(=O)n2C. The number of fused-ring (bicyclic) bond motifs is 2. The highest BCUT2D eigenvalue weighted by Crippen LogP contribution is 2.41. The molecule has 5 rings (SSSR count). The first-order chi connectivity index (χ1) is 21.7. The number of aryl methyl sites for hydroxylation is 4. The van der Waals surface area contributed by atoms with E-state index >= 15 is 0 Å². The third-order valence-electron chi connectivity index (χ3n) is 8.72. The number of imidazole rings is 2. The summed E-state index contributed by atoms with van der Waals surface area (Å²) < 4.78 is 15.2. The molecule has 46 heavy (non-hydrogen) atoms. The normalized spacial score (nSPS) is 15.2. The predicted octanol–water partition coefficient (Wildman–Crippen LogP) is 1.84. The zero-order chi connectivity index (χ0) is 33.8. The van der Waals surface area contributed by atoms with Gasteiger partial charge in [0.25, 0.3) is 0 Å². The Balaban J connectivity index is 1.67. The van der Waals surface area contributed by atoms with E-state index in [1.807, 2.05) is 0 Å². The number of allylic oxidation sites excluding steroid dienone is 2. The molecule has 0 fully saturated rings. The smallest absolute Gasteiger partial charge is 0.328 e. The van der Waals surface area contributed by atoms with Crippen LogP contribution in [0.4, 0.5) is 0 Å². The topological polar surface area (TPSA) is 181 Å². The van der Waals surface area contributed by atoms with E-state index in [1.165, 1.54) is 18.3 Å². The molecule has 0 bridgehead atoms. The molecule has 2 atom stereocenters. The van der Waals surface area contributed by atoms with Gasteiger partial charge in [0.05, 0.1) is 60.3 Å². The van der Waals surface area contributed by atoms with Crippen molar-refractivity contribution in [1.29, 1.82) is 0 Å². The van der Waals surface area contributed by atoms with Crippen LogP contribution >= 0.6 is 0 Å². The Bertz CT molecular complexity index is 2020. The van der Waals surface area contributed by atoms with Gasteiger partial charge in [0.2, 0.25) is 11.6 Å². The first-order valence-electron chi connectivity index (χ1n) is 14.1. The van der Waals surface area contributed by atoms with E-state index < -0.39 is 70.8 Å². The lowest BCUT2D eigenvalue weighted by Crippen LogP contribution is -2.31. The van der Waals surface area contributed by atoms with E-state index in [1.54, 1.807) is 64.6 Å². The summed E-state index contributed by atoms with van der Waals surface area (Å²) in [6.07, 6.45) is -0.984. The number of aromatic nitrogens is 4. The number of aliphatic hydroxyl groups excluding tert-OH is 2. The standard InChI is InChI=1S/C32H32N4O10/c1-33-19-9-7-15(11-21(19)35(3)31(33)43)17(13-23(37)45-5)25-27(39)29(41)26(30(42)28(25)40)18(14-24(38)46-6)16-8-10-20-22(12-16)36(4)32(44)34(20)2/h7-12,17-18,39,42H,13-14H2,1-6H3/t17-,18+. The maximum absolute atomic E-state index is 13.9. The summed E-state index contributed by atoms with van der Waals surface area (Å²) in [5.74, 6) is -8.37. The number of nitrogens with zero attached hydrogens (tertiary/aromatic N) is 4. The molecule has 14 nitrogen and oxygen atoms in total. The van der Waals surface area contributed by atoms with Gasteiger partial charge in [-0.1, -0.05) is 12.1 Å². The second-order valence-corrected chi connectivity index (χ2v) is 11.1. The Morgan fingerprint density at radius 2 is 0.935 bits per heavy atom. The number of rotatable bonds is 8. The van der Waals surface area contributed by atoms with Gasteiger partial charge in [0.15, 0.2) is 11.5 Å². The molecule has 0 amide bonds. The van der Waals surface area contributed by atoms with Gasteiger partial charge in [-0.2, -0.15) is 0 Å². The highest BCUT2D eigenvalue weighted by molar-refractivity contribution is 6.24. The summed E-state index contributed by atoms with van der Waals surface area (Å²) >= 11 is 0. The lowest BCUT2D eigenvalue weighted by Gasteiger charge is -2.27. The van der Waals surface area contributed by atoms with Crippen LogP contribution in [0.25, 0.3) is 22.1 Å². The number of ether oxygens (including phenoxy) is 2. The molecular formula is C32H32N4O10. The van der Waals surface area contributed by atoms with Crippen molar-refractivity contribution >= 4 is 45.6 Å². The first-order valence-corrected chi connectivity index (χ1v) is 14.1. The third-order valence-corrected chi connectivity index (χ3v) is 8.72. The zero-order valence-corrected chi connectivity index (χ0v) is 26.0. The molecule has 14 heteroatoms. The monoisotopic (exact) mass is 632 g/mol. The van der Waals surface area contributed by atoms with Crippen LogP contribution in [0.2, 0.25) is 0 Å². The number of methoxy groups -OCH3 is 2. The van der Waals surface area contributed by atoms with Gasteiger partial charge in [-0.05, 0) is 35.4 Å². The van der Waals surface area contributed by atoms with Gasteiger partial charge in [-0.25, -0.2) is 9.59 Å². The Hall–Kier alpha value is -5.66. The van der Waals surface area contributed by atoms with E-state index in [2.05, 4.69) is 0 Å². The molecule has 2 heterocycles. The highest BCUT2D eigenvalue weighted by Gasteiger charge is 2.43. The quantitative estimate of drug-likeness (QED) is 0.215. The first kappa shape index (κ1) is 31.8. The summed E-state index contributed by atoms with van der Waals surface area (Å²) in [7, 11) is 8.53. The molecule has 4 aromatic rings. The maximum Gasteiger partial charge on any atom is 0.328 e. The maximum atomic E-state index is 13.9. The summed E-state index contributed by atoms with van der Waals surface area (Å²) in [6, 6.07) is 9.40. The molecule has 2 N–H and O–H groups in total. The average molecular weight is 633 g/mol. The summed E-state index contributed by atoms with van der Waals surface area (Å²) in [4.78, 5) is 78.0. The zero-order valence-electron chi connectivity index (χ0n) is 26.0. The Labute approximate surface area is 261 Å². The fraction of sp³-hybridized carbons (Fsp3) is 0.312. The number of aliphatic hydroxyl groups is 2. The molecule has 2 aromatic carbocycles. The van der Waals surface area contributed by atoms with Gasteiger partial charge < -0.3 is 19.7 Å². The minimum absolute atomic E-state index is 0.291. The van der Waals surface area contributed by atoms with Crippen LogP contribution in [0.15, 0.2) is 68.7 Å². The second-order valence-electron chi connectivity index (χ2n) is 11.1. The second kappa shape index (κ2) is 11.7. The number of Topliss-reactive ketones (excluding diaryl/α,β-unsaturated/α-hetero) is 2. The molecule has 0 unspecified atom stereocenters. The average Bonchev–Trinajstić information content (AvgIpc) is 3.40. The van der Waals surface area contributed by atoms with Crippen LogP contribution in [-0.4, -0.2) is 66.2 Å². The molecule has 0 aliphatic heterocycles. The van der Waals surface area contributed by atoms with E-state index in [9.17, 15) is 39.0 Å². The third kappa shape index (κ3) is 4.91. The Morgan fingerprint density at radius 3 is 1.26 bits per heavy atom. The van der Waals surface area contributed by atoms with Gasteiger partial charge in [0.1, 0.15) is 0 Å². The summed E-state index contributed by atoms with van der Waals surface area (Å²) in [5, 5.41) is 22.7. The van der Waals surface area contributed by atoms with Crippen LogP contribution in [0.3, 0.4) is 0 Å². The number of hydrogen-bond donors (Lipinski definition) is 2. The lowest BCUT2D eigenvalue weighted by molar-refractivity contribution is -0.142. The van der Waals surface area contributed by atoms with Crippen LogP contribution in [0.5, 0.6) is 0 Å². The molecule has 2 aromatic heterocycles. The number of carbonyl (C=O) groups is 4. The largest absolute Gasteiger partial charge is 0.504 e. The van der Waals surface area contributed by atoms with Crippen molar-refractivity contribution in [3.63, 3.8) is 0 Å². The van der Waals surface area contributed by atoms with Crippen molar-refractivity contribution in [2.24, 2.45) is 28.2 Å². The molecule has 0 radical (unpaired) electrons. The summed E-state index contributed by atoms with van der Waals surface area (Å²) in [6.45, 7) is 0. The van der Waals surface area contributed by atoms with Gasteiger partial charge in [-0.15, -0.1) is 0 Å². The minimum atomic E-state index is -1.26. The van der Waals surface area contributed by atoms with E-state index in [4.69, 9.17) is 9.47 Å². The molecule has 0 saturated heterocycles. The number of esters is 2. The van der Waals surface area contributed by atoms with Crippen molar-refractivity contribution < 1.29 is 38.9 Å². The van der Waals surface area contributed by atoms with Crippen LogP contribution in [0, 0.1) is 0 Å². The molecule has 240 valence electrons. The molecule has 1 aliphatic rings. The van der Waals surface area contributed by atoms with Crippen LogP contribution in [0.1, 0.15) is 35.8 Å². The number of ketones is 2. The van der Waals surface area contributed by atoms with Gasteiger partial charge in [-0.3, -0.25) is 37.4 Å². The van der Waals surface area contributed by atoms with Crippen LogP contribution < -0.4 is 11.4 Å². The minimum Gasteiger partial charge on any atom is -0.504 e. The summed E-state index contributed by atoms with van der Waals surface area (Å²) in [5.41, 5.74) is 0.875. The highest BCUT2D eigenvalue weighted by atomic mass is 16.5. The van der Waals surface area contributed by atoms with Crippen molar-refractivity contribution in [2.45, 2.75) is 24.7 Å². The van der Waals surface area contributed by atoms with Crippen molar-refractivity contribution in [1.82, 2.24) is 18.3 Å². The molecule has 1 aliphatic carbocycles. The Morgan fingerprint density at radius 1 is 0.609 bits per heavy atom. The predicted molar refractivity (Wildman–Crippen MR) is 164 cm³/mol. The van der Waals surface area contributed by atoms with Crippen molar-refractivity contribution in [2.75, 3.05) is 14.2 Å². The van der Waals surface area contributed by atoms with E-state index in [-0.39, 0.29) is 11.4 Å². The van der Waals surface area contributed by atoms with Gasteiger partial charge in [0, 0.05) is 40.0 Å². The van der Waals surface area contributed by atoms with Crippen LogP contribution in [-0.2, 0) is 56.8 Å². The lowest BCUT2D eigenvalue weighted by atomic mass is 9.75. The fourth-order valence-electron chi connectivity index (χ4n) is 6.12. The van der Waals surface area contributed by atoms with Gasteiger partial charge >= 0.3 is 23.3 Å². The molecular weight excluding hydrogens is 600 g/mol. The van der Waals surface area contributed by atoms with Crippen molar-refractivity contribution in [3.05, 3.63) is 91.2 Å².